The van der Waals surface area contributed by atoms with Gasteiger partial charge in [0.1, 0.15) is 11.9 Å². The highest BCUT2D eigenvalue weighted by Gasteiger charge is 2.25. The number of nitrogens with one attached hydrogen (secondary N) is 1. The lowest BCUT2D eigenvalue weighted by atomic mass is 9.83. The molecule has 7 heteroatoms. The second-order valence-corrected chi connectivity index (χ2v) is 10.8. The summed E-state index contributed by atoms with van der Waals surface area (Å²) in [5.74, 6) is 2.77. The number of hydrogen-bond donors (Lipinski definition) is 1. The third-order valence-corrected chi connectivity index (χ3v) is 8.44. The zero-order chi connectivity index (χ0) is 22.9. The van der Waals surface area contributed by atoms with Gasteiger partial charge in [-0.1, -0.05) is 18.6 Å². The molecule has 4 heterocycles. The number of aryl methyl sites for hydroxylation is 3. The number of rotatable bonds is 8. The van der Waals surface area contributed by atoms with Gasteiger partial charge in [0.15, 0.2) is 5.82 Å². The molecule has 2 aliphatic rings. The standard InChI is InChI=1S/C28H34N4OS.ClH/c1-31-25-13-17-34-27(25)18-26(31)28-30-24(21-5-2-6-21)19-32(28)16-3-4-20-7-9-22(10-8-20)33-23-11-14-29-15-12-23;/h7-10,13,17-19,21,23,29H,2-6,11-12,14-16H2,1H3;1H. The Morgan fingerprint density at radius 1 is 1.09 bits per heavy atom. The number of hydrogen-bond acceptors (Lipinski definition) is 4. The summed E-state index contributed by atoms with van der Waals surface area (Å²) in [5, 5.41) is 5.57. The van der Waals surface area contributed by atoms with Crippen molar-refractivity contribution in [1.82, 2.24) is 19.4 Å². The van der Waals surface area contributed by atoms with Gasteiger partial charge in [-0.15, -0.1) is 23.7 Å². The van der Waals surface area contributed by atoms with Gasteiger partial charge >= 0.3 is 0 Å². The van der Waals surface area contributed by atoms with E-state index in [1.807, 2.05) is 11.3 Å². The van der Waals surface area contributed by atoms with Gasteiger partial charge in [-0.25, -0.2) is 4.98 Å². The molecular formula is C28H35ClN4OS. The largest absolute Gasteiger partial charge is 0.490 e. The first kappa shape index (κ1) is 24.4. The summed E-state index contributed by atoms with van der Waals surface area (Å²) in [5.41, 5.74) is 5.18. The van der Waals surface area contributed by atoms with Crippen LogP contribution in [0, 0.1) is 0 Å². The van der Waals surface area contributed by atoms with E-state index < -0.39 is 0 Å². The summed E-state index contributed by atoms with van der Waals surface area (Å²) >= 11 is 1.81. The molecule has 0 amide bonds. The molecule has 1 aliphatic heterocycles. The predicted octanol–water partition coefficient (Wildman–Crippen LogP) is 6.56. The van der Waals surface area contributed by atoms with E-state index in [2.05, 4.69) is 69.5 Å². The lowest BCUT2D eigenvalue weighted by molar-refractivity contribution is 0.162. The molecule has 1 N–H and O–H groups in total. The third kappa shape index (κ3) is 5.16. The number of fused-ring (bicyclic) bond motifs is 1. The average molecular weight is 511 g/mol. The number of halogens is 1. The van der Waals surface area contributed by atoms with E-state index >= 15 is 0 Å². The van der Waals surface area contributed by atoms with E-state index in [4.69, 9.17) is 9.72 Å². The van der Waals surface area contributed by atoms with Gasteiger partial charge in [0.2, 0.25) is 0 Å². The summed E-state index contributed by atoms with van der Waals surface area (Å²) in [7, 11) is 2.17. The first-order valence-corrected chi connectivity index (χ1v) is 13.7. The van der Waals surface area contributed by atoms with Gasteiger partial charge in [-0.05, 0) is 86.8 Å². The lowest BCUT2D eigenvalue weighted by Crippen LogP contribution is -2.34. The van der Waals surface area contributed by atoms with Crippen LogP contribution in [-0.4, -0.2) is 33.3 Å². The van der Waals surface area contributed by atoms with Crippen molar-refractivity contribution in [2.45, 2.75) is 63.5 Å². The highest BCUT2D eigenvalue weighted by atomic mass is 35.5. The number of ether oxygens (including phenoxy) is 1. The highest BCUT2D eigenvalue weighted by Crippen LogP contribution is 2.38. The number of piperidine rings is 1. The molecule has 0 unspecified atom stereocenters. The van der Waals surface area contributed by atoms with E-state index in [9.17, 15) is 0 Å². The Balaban J connectivity index is 0.00000253. The molecule has 0 spiro atoms. The molecule has 1 aliphatic carbocycles. The quantitative estimate of drug-likeness (QED) is 0.292. The summed E-state index contributed by atoms with van der Waals surface area (Å²) in [4.78, 5) is 5.16. The van der Waals surface area contributed by atoms with Crippen LogP contribution < -0.4 is 10.1 Å². The zero-order valence-corrected chi connectivity index (χ0v) is 22.0. The fourth-order valence-corrected chi connectivity index (χ4v) is 6.12. The fourth-order valence-electron chi connectivity index (χ4n) is 5.27. The van der Waals surface area contributed by atoms with Crippen LogP contribution in [0.15, 0.2) is 48.0 Å². The van der Waals surface area contributed by atoms with Crippen LogP contribution in [-0.2, 0) is 20.0 Å². The van der Waals surface area contributed by atoms with E-state index in [0.29, 0.717) is 12.0 Å². The fraction of sp³-hybridized carbons (Fsp3) is 0.464. The lowest BCUT2D eigenvalue weighted by Gasteiger charge is -2.23. The predicted molar refractivity (Wildman–Crippen MR) is 147 cm³/mol. The molecule has 35 heavy (non-hydrogen) atoms. The number of benzene rings is 1. The minimum atomic E-state index is 0. The molecule has 1 saturated carbocycles. The highest BCUT2D eigenvalue weighted by molar-refractivity contribution is 7.17. The Bertz CT molecular complexity index is 1250. The molecule has 4 aromatic rings. The molecule has 5 nitrogen and oxygen atoms in total. The zero-order valence-electron chi connectivity index (χ0n) is 20.4. The number of imidazole rings is 1. The van der Waals surface area contributed by atoms with Gasteiger partial charge in [0, 0.05) is 25.7 Å². The van der Waals surface area contributed by atoms with Crippen molar-refractivity contribution in [3.8, 4) is 17.3 Å². The van der Waals surface area contributed by atoms with Crippen LogP contribution in [0.3, 0.4) is 0 Å². The van der Waals surface area contributed by atoms with Crippen LogP contribution in [0.1, 0.15) is 55.7 Å². The minimum Gasteiger partial charge on any atom is -0.490 e. The second-order valence-electron chi connectivity index (χ2n) is 9.88. The Kier molecular flexibility index (Phi) is 7.51. The maximum absolute atomic E-state index is 6.17. The van der Waals surface area contributed by atoms with Crippen molar-refractivity contribution in [2.24, 2.45) is 7.05 Å². The van der Waals surface area contributed by atoms with Crippen LogP contribution in [0.2, 0.25) is 0 Å². The molecule has 2 fully saturated rings. The topological polar surface area (TPSA) is 44.0 Å². The Morgan fingerprint density at radius 2 is 1.89 bits per heavy atom. The van der Waals surface area contributed by atoms with E-state index in [1.54, 1.807) is 0 Å². The van der Waals surface area contributed by atoms with Gasteiger partial charge in [0.25, 0.3) is 0 Å². The smallest absolute Gasteiger partial charge is 0.157 e. The number of thiophene rings is 1. The maximum atomic E-state index is 6.17. The Morgan fingerprint density at radius 3 is 2.60 bits per heavy atom. The van der Waals surface area contributed by atoms with Crippen molar-refractivity contribution >= 4 is 34.0 Å². The molecule has 186 valence electrons. The van der Waals surface area contributed by atoms with Gasteiger partial charge in [0.05, 0.1) is 21.6 Å². The summed E-state index contributed by atoms with van der Waals surface area (Å²) in [6, 6.07) is 13.3. The molecular weight excluding hydrogens is 476 g/mol. The van der Waals surface area contributed by atoms with Gasteiger partial charge < -0.3 is 19.2 Å². The first-order valence-electron chi connectivity index (χ1n) is 12.8. The van der Waals surface area contributed by atoms with E-state index in [-0.39, 0.29) is 12.4 Å². The van der Waals surface area contributed by atoms with Crippen molar-refractivity contribution in [1.29, 1.82) is 0 Å². The molecule has 1 aromatic carbocycles. The van der Waals surface area contributed by atoms with Crippen molar-refractivity contribution in [2.75, 3.05) is 13.1 Å². The Labute approximate surface area is 217 Å². The summed E-state index contributed by atoms with van der Waals surface area (Å²) in [6.07, 6.45) is 10.9. The van der Waals surface area contributed by atoms with Crippen LogP contribution >= 0.6 is 23.7 Å². The normalized spacial score (nSPS) is 16.8. The molecule has 0 bridgehead atoms. The van der Waals surface area contributed by atoms with E-state index in [0.717, 1.165) is 56.9 Å². The summed E-state index contributed by atoms with van der Waals surface area (Å²) < 4.78 is 12.2. The average Bonchev–Trinajstić information content (AvgIpc) is 3.51. The Hall–Kier alpha value is -2.28. The number of aromatic nitrogens is 3. The van der Waals surface area contributed by atoms with Crippen LogP contribution in [0.4, 0.5) is 0 Å². The van der Waals surface area contributed by atoms with Crippen molar-refractivity contribution in [3.63, 3.8) is 0 Å². The van der Waals surface area contributed by atoms with Gasteiger partial charge in [-0.2, -0.15) is 0 Å². The second kappa shape index (κ2) is 10.8. The first-order chi connectivity index (χ1) is 16.7. The monoisotopic (exact) mass is 510 g/mol. The number of nitrogens with zero attached hydrogens (tertiary/aromatic N) is 3. The molecule has 6 rings (SSSR count). The molecule has 3 aromatic heterocycles. The van der Waals surface area contributed by atoms with Crippen molar-refractivity contribution in [3.05, 3.63) is 59.2 Å². The molecule has 1 saturated heterocycles. The maximum Gasteiger partial charge on any atom is 0.157 e. The SMILES string of the molecule is Cl.Cn1c(-c2nc(C3CCC3)cn2CCCc2ccc(OC3CCNCC3)cc2)cc2sccc21. The van der Waals surface area contributed by atoms with E-state index in [1.165, 1.54) is 46.4 Å². The summed E-state index contributed by atoms with van der Waals surface area (Å²) in [6.45, 7) is 3.10. The van der Waals surface area contributed by atoms with Crippen molar-refractivity contribution < 1.29 is 4.74 Å². The van der Waals surface area contributed by atoms with Crippen LogP contribution in [0.5, 0.6) is 5.75 Å². The molecule has 0 radical (unpaired) electrons. The third-order valence-electron chi connectivity index (χ3n) is 7.59. The minimum absolute atomic E-state index is 0. The molecule has 0 atom stereocenters. The van der Waals surface area contributed by atoms with Gasteiger partial charge in [-0.3, -0.25) is 0 Å². The van der Waals surface area contributed by atoms with Crippen LogP contribution in [0.25, 0.3) is 21.7 Å².